The Labute approximate surface area is 103 Å². The van der Waals surface area contributed by atoms with E-state index in [-0.39, 0.29) is 11.9 Å². The molecule has 0 aliphatic rings. The van der Waals surface area contributed by atoms with Crippen LogP contribution >= 0.6 is 0 Å². The summed E-state index contributed by atoms with van der Waals surface area (Å²) in [5, 5.41) is 2.82. The van der Waals surface area contributed by atoms with E-state index in [1.165, 1.54) is 11.1 Å². The Morgan fingerprint density at radius 1 is 1.18 bits per heavy atom. The molecule has 1 aromatic rings. The number of benzene rings is 1. The van der Waals surface area contributed by atoms with Crippen molar-refractivity contribution in [3.05, 3.63) is 29.3 Å². The number of carbonyl (C=O) groups excluding carboxylic acids is 1. The molecule has 0 bridgehead atoms. The first-order valence-electron chi connectivity index (χ1n) is 5.94. The second kappa shape index (κ2) is 5.71. The molecular weight excluding hydrogens is 214 g/mol. The summed E-state index contributed by atoms with van der Waals surface area (Å²) in [5.74, 6) is 0.651. The molecule has 94 valence electrons. The van der Waals surface area contributed by atoms with Crippen molar-refractivity contribution in [3.63, 3.8) is 0 Å². The zero-order valence-corrected chi connectivity index (χ0v) is 11.2. The van der Waals surface area contributed by atoms with Gasteiger partial charge in [-0.1, -0.05) is 6.07 Å². The fraction of sp³-hybridized carbons (Fsp3) is 0.500. The van der Waals surface area contributed by atoms with Gasteiger partial charge in [-0.3, -0.25) is 4.79 Å². The van der Waals surface area contributed by atoms with Gasteiger partial charge in [-0.15, -0.1) is 0 Å². The minimum Gasteiger partial charge on any atom is -0.481 e. The predicted octanol–water partition coefficient (Wildman–Crippen LogP) is 2.60. The highest BCUT2D eigenvalue weighted by atomic mass is 16.5. The van der Waals surface area contributed by atoms with Gasteiger partial charge in [0.05, 0.1) is 0 Å². The van der Waals surface area contributed by atoms with Gasteiger partial charge in [-0.2, -0.15) is 0 Å². The van der Waals surface area contributed by atoms with Gasteiger partial charge in [0.2, 0.25) is 0 Å². The van der Waals surface area contributed by atoms with E-state index in [4.69, 9.17) is 4.74 Å². The quantitative estimate of drug-likeness (QED) is 0.871. The lowest BCUT2D eigenvalue weighted by atomic mass is 10.1. The molecule has 0 saturated heterocycles. The molecule has 0 unspecified atom stereocenters. The molecule has 3 heteroatoms. The van der Waals surface area contributed by atoms with E-state index in [1.54, 1.807) is 6.92 Å². The summed E-state index contributed by atoms with van der Waals surface area (Å²) in [7, 11) is 0. The summed E-state index contributed by atoms with van der Waals surface area (Å²) >= 11 is 0. The molecule has 1 amide bonds. The van der Waals surface area contributed by atoms with Gasteiger partial charge in [0.15, 0.2) is 6.10 Å². The largest absolute Gasteiger partial charge is 0.481 e. The van der Waals surface area contributed by atoms with Crippen molar-refractivity contribution in [1.29, 1.82) is 0 Å². The van der Waals surface area contributed by atoms with Gasteiger partial charge in [0.25, 0.3) is 5.91 Å². The Morgan fingerprint density at radius 3 is 2.35 bits per heavy atom. The Bertz CT molecular complexity index is 399. The van der Waals surface area contributed by atoms with E-state index >= 15 is 0 Å². The second-order valence-corrected chi connectivity index (χ2v) is 4.67. The summed E-state index contributed by atoms with van der Waals surface area (Å²) < 4.78 is 5.60. The molecule has 1 aromatic carbocycles. The van der Waals surface area contributed by atoms with Crippen molar-refractivity contribution in [2.45, 2.75) is 46.8 Å². The molecular formula is C14H21NO2. The lowest BCUT2D eigenvalue weighted by Gasteiger charge is -2.17. The first kappa shape index (κ1) is 13.6. The number of rotatable bonds is 4. The summed E-state index contributed by atoms with van der Waals surface area (Å²) in [5.41, 5.74) is 2.38. The Kier molecular flexibility index (Phi) is 4.55. The number of amides is 1. The minimum atomic E-state index is -0.473. The lowest BCUT2D eigenvalue weighted by Crippen LogP contribution is -2.40. The molecule has 0 aromatic heterocycles. The highest BCUT2D eigenvalue weighted by Crippen LogP contribution is 2.17. The number of aryl methyl sites for hydroxylation is 2. The third-order valence-electron chi connectivity index (χ3n) is 2.59. The van der Waals surface area contributed by atoms with E-state index < -0.39 is 6.10 Å². The lowest BCUT2D eigenvalue weighted by molar-refractivity contribution is -0.127. The molecule has 0 heterocycles. The normalized spacial score (nSPS) is 12.4. The van der Waals surface area contributed by atoms with Crippen LogP contribution < -0.4 is 10.1 Å². The van der Waals surface area contributed by atoms with Gasteiger partial charge in [-0.05, 0) is 57.9 Å². The maximum absolute atomic E-state index is 11.7. The number of carbonyl (C=O) groups is 1. The van der Waals surface area contributed by atoms with E-state index in [0.717, 1.165) is 5.75 Å². The summed E-state index contributed by atoms with van der Waals surface area (Å²) in [4.78, 5) is 11.7. The monoisotopic (exact) mass is 235 g/mol. The second-order valence-electron chi connectivity index (χ2n) is 4.67. The van der Waals surface area contributed by atoms with Crippen LogP contribution in [0.25, 0.3) is 0 Å². The van der Waals surface area contributed by atoms with Crippen molar-refractivity contribution in [2.75, 3.05) is 0 Å². The van der Waals surface area contributed by atoms with Crippen LogP contribution in [0.1, 0.15) is 31.9 Å². The Balaban J connectivity index is 2.64. The van der Waals surface area contributed by atoms with Gasteiger partial charge < -0.3 is 10.1 Å². The van der Waals surface area contributed by atoms with Crippen LogP contribution in [0.2, 0.25) is 0 Å². The summed E-state index contributed by atoms with van der Waals surface area (Å²) in [6.45, 7) is 9.70. The zero-order chi connectivity index (χ0) is 13.0. The molecule has 0 fully saturated rings. The number of ether oxygens (including phenoxy) is 1. The number of nitrogens with one attached hydrogen (secondary N) is 1. The van der Waals surface area contributed by atoms with E-state index in [1.807, 2.05) is 45.9 Å². The molecule has 0 spiro atoms. The molecule has 1 N–H and O–H groups in total. The van der Waals surface area contributed by atoms with Gasteiger partial charge >= 0.3 is 0 Å². The van der Waals surface area contributed by atoms with Crippen LogP contribution in [0.3, 0.4) is 0 Å². The topological polar surface area (TPSA) is 38.3 Å². The van der Waals surface area contributed by atoms with Crippen LogP contribution in [0.4, 0.5) is 0 Å². The van der Waals surface area contributed by atoms with Crippen molar-refractivity contribution in [1.82, 2.24) is 5.32 Å². The zero-order valence-electron chi connectivity index (χ0n) is 11.2. The van der Waals surface area contributed by atoms with E-state index in [2.05, 4.69) is 5.32 Å². The fourth-order valence-corrected chi connectivity index (χ4v) is 1.45. The molecule has 0 aliphatic heterocycles. The molecule has 1 rings (SSSR count). The molecule has 17 heavy (non-hydrogen) atoms. The molecule has 0 radical (unpaired) electrons. The van der Waals surface area contributed by atoms with E-state index in [0.29, 0.717) is 0 Å². The van der Waals surface area contributed by atoms with Crippen LogP contribution in [-0.4, -0.2) is 18.1 Å². The third kappa shape index (κ3) is 4.10. The maximum atomic E-state index is 11.7. The summed E-state index contributed by atoms with van der Waals surface area (Å²) in [6.07, 6.45) is -0.473. The fourth-order valence-electron chi connectivity index (χ4n) is 1.45. The van der Waals surface area contributed by atoms with Crippen molar-refractivity contribution >= 4 is 5.91 Å². The van der Waals surface area contributed by atoms with Crippen LogP contribution in [0.5, 0.6) is 5.75 Å². The highest BCUT2D eigenvalue weighted by Gasteiger charge is 2.15. The first-order valence-corrected chi connectivity index (χ1v) is 5.94. The Morgan fingerprint density at radius 2 is 1.82 bits per heavy atom. The smallest absolute Gasteiger partial charge is 0.260 e. The van der Waals surface area contributed by atoms with Crippen molar-refractivity contribution in [3.8, 4) is 5.75 Å². The SMILES string of the molecule is Cc1ccc(O[C@H](C)C(=O)NC(C)C)cc1C. The van der Waals surface area contributed by atoms with Crippen LogP contribution in [0, 0.1) is 13.8 Å². The van der Waals surface area contributed by atoms with Gasteiger partial charge in [0, 0.05) is 6.04 Å². The van der Waals surface area contributed by atoms with Crippen LogP contribution in [0.15, 0.2) is 18.2 Å². The number of hydrogen-bond acceptors (Lipinski definition) is 2. The van der Waals surface area contributed by atoms with Crippen LogP contribution in [-0.2, 0) is 4.79 Å². The molecule has 3 nitrogen and oxygen atoms in total. The first-order chi connectivity index (χ1) is 7.90. The van der Waals surface area contributed by atoms with Crippen molar-refractivity contribution in [2.24, 2.45) is 0 Å². The average molecular weight is 235 g/mol. The van der Waals surface area contributed by atoms with Gasteiger partial charge in [0.1, 0.15) is 5.75 Å². The van der Waals surface area contributed by atoms with Gasteiger partial charge in [-0.25, -0.2) is 0 Å². The number of hydrogen-bond donors (Lipinski definition) is 1. The highest BCUT2D eigenvalue weighted by molar-refractivity contribution is 5.80. The molecule has 0 aliphatic carbocycles. The van der Waals surface area contributed by atoms with Crippen molar-refractivity contribution < 1.29 is 9.53 Å². The molecule has 1 atom stereocenters. The minimum absolute atomic E-state index is 0.0850. The average Bonchev–Trinajstić information content (AvgIpc) is 2.22. The Hall–Kier alpha value is -1.51. The van der Waals surface area contributed by atoms with E-state index in [9.17, 15) is 4.79 Å². The summed E-state index contributed by atoms with van der Waals surface area (Å²) in [6, 6.07) is 5.97. The standard InChI is InChI=1S/C14H21NO2/c1-9(2)15-14(16)12(5)17-13-7-6-10(3)11(4)8-13/h6-9,12H,1-5H3,(H,15,16)/t12-/m1/s1. The maximum Gasteiger partial charge on any atom is 0.260 e. The predicted molar refractivity (Wildman–Crippen MR) is 69.3 cm³/mol. The third-order valence-corrected chi connectivity index (χ3v) is 2.59. The molecule has 0 saturated carbocycles.